The van der Waals surface area contributed by atoms with E-state index in [-0.39, 0.29) is 6.42 Å². The number of piperazine rings is 1. The third-order valence-electron chi connectivity index (χ3n) is 2.66. The standard InChI is InChI=1S/C11H16N2O3/c14-11(15)4-2-9-1-3-10(16-9)13-7-5-12-6-8-13/h1,3,12H,2,4-8H2,(H,14,15). The molecule has 5 heteroatoms. The molecule has 0 aromatic carbocycles. The van der Waals surface area contributed by atoms with E-state index < -0.39 is 5.97 Å². The highest BCUT2D eigenvalue weighted by Crippen LogP contribution is 2.19. The van der Waals surface area contributed by atoms with E-state index in [0.717, 1.165) is 37.8 Å². The zero-order chi connectivity index (χ0) is 11.4. The molecule has 88 valence electrons. The molecule has 1 aliphatic heterocycles. The molecule has 1 aromatic heterocycles. The molecule has 0 atom stereocenters. The van der Waals surface area contributed by atoms with Crippen LogP contribution in [0.15, 0.2) is 16.5 Å². The number of rotatable bonds is 4. The van der Waals surface area contributed by atoms with Gasteiger partial charge in [-0.2, -0.15) is 0 Å². The number of furan rings is 1. The molecule has 0 spiro atoms. The van der Waals surface area contributed by atoms with Gasteiger partial charge in [-0.05, 0) is 6.07 Å². The molecule has 2 rings (SSSR count). The summed E-state index contributed by atoms with van der Waals surface area (Å²) in [6.07, 6.45) is 0.579. The van der Waals surface area contributed by atoms with Crippen molar-refractivity contribution in [2.24, 2.45) is 0 Å². The van der Waals surface area contributed by atoms with E-state index in [0.29, 0.717) is 6.42 Å². The maximum absolute atomic E-state index is 10.4. The van der Waals surface area contributed by atoms with Crippen molar-refractivity contribution < 1.29 is 14.3 Å². The van der Waals surface area contributed by atoms with Crippen molar-refractivity contribution in [3.8, 4) is 0 Å². The molecule has 2 heterocycles. The highest BCUT2D eigenvalue weighted by molar-refractivity contribution is 5.66. The first kappa shape index (κ1) is 11.0. The van der Waals surface area contributed by atoms with Gasteiger partial charge in [0.05, 0.1) is 6.42 Å². The van der Waals surface area contributed by atoms with Crippen LogP contribution in [-0.4, -0.2) is 37.3 Å². The van der Waals surface area contributed by atoms with E-state index in [1.807, 2.05) is 12.1 Å². The van der Waals surface area contributed by atoms with Crippen molar-refractivity contribution in [2.75, 3.05) is 31.1 Å². The monoisotopic (exact) mass is 224 g/mol. The van der Waals surface area contributed by atoms with Crippen LogP contribution in [0.4, 0.5) is 5.88 Å². The first-order chi connectivity index (χ1) is 7.75. The predicted octanol–water partition coefficient (Wildman–Crippen LogP) is 0.706. The largest absolute Gasteiger partial charge is 0.481 e. The molecule has 0 bridgehead atoms. The predicted molar refractivity (Wildman–Crippen MR) is 59.7 cm³/mol. The molecule has 5 nitrogen and oxygen atoms in total. The van der Waals surface area contributed by atoms with E-state index in [4.69, 9.17) is 9.52 Å². The van der Waals surface area contributed by atoms with Crippen molar-refractivity contribution in [2.45, 2.75) is 12.8 Å². The van der Waals surface area contributed by atoms with Gasteiger partial charge in [0.2, 0.25) is 0 Å². The number of hydrogen-bond donors (Lipinski definition) is 2. The summed E-state index contributed by atoms with van der Waals surface area (Å²) < 4.78 is 5.61. The van der Waals surface area contributed by atoms with Gasteiger partial charge in [-0.1, -0.05) is 0 Å². The van der Waals surface area contributed by atoms with Crippen LogP contribution in [-0.2, 0) is 11.2 Å². The zero-order valence-electron chi connectivity index (χ0n) is 9.11. The molecule has 0 saturated carbocycles. The molecule has 0 aliphatic carbocycles. The summed E-state index contributed by atoms with van der Waals surface area (Å²) in [4.78, 5) is 12.6. The van der Waals surface area contributed by atoms with Gasteiger partial charge in [-0.25, -0.2) is 0 Å². The van der Waals surface area contributed by atoms with Crippen molar-refractivity contribution in [1.82, 2.24) is 5.32 Å². The Morgan fingerprint density at radius 2 is 2.19 bits per heavy atom. The first-order valence-electron chi connectivity index (χ1n) is 5.52. The zero-order valence-corrected chi connectivity index (χ0v) is 9.11. The highest BCUT2D eigenvalue weighted by Gasteiger charge is 2.14. The van der Waals surface area contributed by atoms with Crippen LogP contribution in [0, 0.1) is 0 Å². The maximum Gasteiger partial charge on any atom is 0.303 e. The van der Waals surface area contributed by atoms with Gasteiger partial charge >= 0.3 is 5.97 Å². The number of carbonyl (C=O) groups is 1. The topological polar surface area (TPSA) is 65.7 Å². The molecule has 2 N–H and O–H groups in total. The van der Waals surface area contributed by atoms with Gasteiger partial charge in [0.1, 0.15) is 5.76 Å². The Hall–Kier alpha value is -1.49. The van der Waals surface area contributed by atoms with Crippen LogP contribution < -0.4 is 10.2 Å². The second-order valence-corrected chi connectivity index (χ2v) is 3.87. The van der Waals surface area contributed by atoms with E-state index >= 15 is 0 Å². The third-order valence-corrected chi connectivity index (χ3v) is 2.66. The molecule has 1 aromatic rings. The molecular formula is C11H16N2O3. The summed E-state index contributed by atoms with van der Waals surface area (Å²) in [7, 11) is 0. The van der Waals surface area contributed by atoms with Crippen LogP contribution in [0.1, 0.15) is 12.2 Å². The molecule has 1 aliphatic rings. The summed E-state index contributed by atoms with van der Waals surface area (Å²) in [5.41, 5.74) is 0. The number of hydrogen-bond acceptors (Lipinski definition) is 4. The second-order valence-electron chi connectivity index (χ2n) is 3.87. The summed E-state index contributed by atoms with van der Waals surface area (Å²) >= 11 is 0. The van der Waals surface area contributed by atoms with Gasteiger partial charge in [0.15, 0.2) is 5.88 Å². The average Bonchev–Trinajstić information content (AvgIpc) is 2.76. The molecule has 0 radical (unpaired) electrons. The molecule has 0 amide bonds. The van der Waals surface area contributed by atoms with Crippen molar-refractivity contribution in [3.05, 3.63) is 17.9 Å². The van der Waals surface area contributed by atoms with Gasteiger partial charge in [0, 0.05) is 38.7 Å². The fraction of sp³-hybridized carbons (Fsp3) is 0.545. The minimum atomic E-state index is -0.792. The van der Waals surface area contributed by atoms with Crippen LogP contribution in [0.3, 0.4) is 0 Å². The lowest BCUT2D eigenvalue weighted by molar-refractivity contribution is -0.137. The van der Waals surface area contributed by atoms with Crippen LogP contribution >= 0.6 is 0 Å². The fourth-order valence-corrected chi connectivity index (χ4v) is 1.79. The summed E-state index contributed by atoms with van der Waals surface area (Å²) in [5, 5.41) is 11.8. The van der Waals surface area contributed by atoms with Gasteiger partial charge in [0.25, 0.3) is 0 Å². The number of carboxylic acids is 1. The number of carboxylic acid groups (broad SMARTS) is 1. The third kappa shape index (κ3) is 2.76. The minimum Gasteiger partial charge on any atom is -0.481 e. The average molecular weight is 224 g/mol. The first-order valence-corrected chi connectivity index (χ1v) is 5.52. The fourth-order valence-electron chi connectivity index (χ4n) is 1.79. The molecule has 1 saturated heterocycles. The number of aliphatic carboxylic acids is 1. The van der Waals surface area contributed by atoms with Crippen molar-refractivity contribution >= 4 is 11.9 Å². The van der Waals surface area contributed by atoms with E-state index in [1.54, 1.807) is 0 Å². The molecular weight excluding hydrogens is 208 g/mol. The number of nitrogens with one attached hydrogen (secondary N) is 1. The Morgan fingerprint density at radius 1 is 1.44 bits per heavy atom. The number of aryl methyl sites for hydroxylation is 1. The number of anilines is 1. The SMILES string of the molecule is O=C(O)CCc1ccc(N2CCNCC2)o1. The quantitative estimate of drug-likeness (QED) is 0.788. The maximum atomic E-state index is 10.4. The number of nitrogens with zero attached hydrogens (tertiary/aromatic N) is 1. The Labute approximate surface area is 94.0 Å². The smallest absolute Gasteiger partial charge is 0.303 e. The van der Waals surface area contributed by atoms with Crippen molar-refractivity contribution in [3.63, 3.8) is 0 Å². The highest BCUT2D eigenvalue weighted by atomic mass is 16.4. The van der Waals surface area contributed by atoms with E-state index in [1.165, 1.54) is 0 Å². The Morgan fingerprint density at radius 3 is 2.88 bits per heavy atom. The normalized spacial score (nSPS) is 16.4. The Balaban J connectivity index is 1.93. The van der Waals surface area contributed by atoms with Crippen LogP contribution in [0.25, 0.3) is 0 Å². The lowest BCUT2D eigenvalue weighted by atomic mass is 10.2. The Kier molecular flexibility index (Phi) is 3.46. The van der Waals surface area contributed by atoms with Gasteiger partial charge in [-0.3, -0.25) is 4.79 Å². The summed E-state index contributed by atoms with van der Waals surface area (Å²) in [6.45, 7) is 3.80. The minimum absolute atomic E-state index is 0.120. The Bertz CT molecular complexity index is 356. The van der Waals surface area contributed by atoms with Crippen LogP contribution in [0.2, 0.25) is 0 Å². The summed E-state index contributed by atoms with van der Waals surface area (Å²) in [5.74, 6) is 0.804. The lowest BCUT2D eigenvalue weighted by Gasteiger charge is -2.26. The molecule has 1 fully saturated rings. The summed E-state index contributed by atoms with van der Waals surface area (Å²) in [6, 6.07) is 3.78. The van der Waals surface area contributed by atoms with E-state index in [2.05, 4.69) is 10.2 Å². The van der Waals surface area contributed by atoms with Gasteiger partial charge in [-0.15, -0.1) is 0 Å². The van der Waals surface area contributed by atoms with Crippen LogP contribution in [0.5, 0.6) is 0 Å². The van der Waals surface area contributed by atoms with Gasteiger partial charge < -0.3 is 19.7 Å². The second kappa shape index (κ2) is 5.03. The van der Waals surface area contributed by atoms with Crippen molar-refractivity contribution in [1.29, 1.82) is 0 Å². The lowest BCUT2D eigenvalue weighted by Crippen LogP contribution is -2.43. The molecule has 0 unspecified atom stereocenters. The molecule has 16 heavy (non-hydrogen) atoms. The van der Waals surface area contributed by atoms with E-state index in [9.17, 15) is 4.79 Å².